The Kier molecular flexibility index (Phi) is 2.05. The van der Waals surface area contributed by atoms with Crippen molar-refractivity contribution in [3.05, 3.63) is 71.8 Å². The maximum Gasteiger partial charge on any atom is 0.180 e. The van der Waals surface area contributed by atoms with Crippen molar-refractivity contribution in [1.29, 1.82) is 0 Å². The van der Waals surface area contributed by atoms with Gasteiger partial charge in [0.2, 0.25) is 0 Å². The first-order valence-corrected chi connectivity index (χ1v) is 7.70. The topological polar surface area (TPSA) is 17.1 Å². The molecule has 0 aromatic heterocycles. The zero-order valence-electron chi connectivity index (χ0n) is 11.3. The van der Waals surface area contributed by atoms with E-state index in [1.165, 1.54) is 21.9 Å². The van der Waals surface area contributed by atoms with Crippen LogP contribution in [0.2, 0.25) is 0 Å². The van der Waals surface area contributed by atoms with Gasteiger partial charge in [0.25, 0.3) is 0 Å². The van der Waals surface area contributed by atoms with Gasteiger partial charge in [-0.05, 0) is 28.0 Å². The lowest BCUT2D eigenvalue weighted by Crippen LogP contribution is -2.40. The van der Waals surface area contributed by atoms with Crippen molar-refractivity contribution in [2.45, 2.75) is 16.7 Å². The summed E-state index contributed by atoms with van der Waals surface area (Å²) >= 11 is 6.84. The van der Waals surface area contributed by atoms with E-state index in [4.69, 9.17) is 11.6 Å². The molecule has 0 unspecified atom stereocenters. The normalized spacial score (nSPS) is 35.3. The molecule has 0 heterocycles. The first-order valence-electron chi connectivity index (χ1n) is 7.32. The van der Waals surface area contributed by atoms with Gasteiger partial charge < -0.3 is 0 Å². The van der Waals surface area contributed by atoms with E-state index in [0.717, 1.165) is 0 Å². The van der Waals surface area contributed by atoms with E-state index in [-0.39, 0.29) is 23.5 Å². The summed E-state index contributed by atoms with van der Waals surface area (Å²) in [6.07, 6.45) is 7.74. The third-order valence-electron chi connectivity index (χ3n) is 5.30. The van der Waals surface area contributed by atoms with Crippen LogP contribution in [0.4, 0.5) is 0 Å². The molecule has 2 aromatic rings. The van der Waals surface area contributed by atoms with Crippen molar-refractivity contribution >= 4 is 28.2 Å². The fourth-order valence-corrected chi connectivity index (χ4v) is 4.84. The molecular weight excluding hydrogens is 280 g/mol. The molecule has 0 N–H and O–H groups in total. The Hall–Kier alpha value is -1.86. The second-order valence-corrected chi connectivity index (χ2v) is 6.85. The molecule has 4 aliphatic carbocycles. The van der Waals surface area contributed by atoms with E-state index >= 15 is 0 Å². The quantitative estimate of drug-likeness (QED) is 0.522. The van der Waals surface area contributed by atoms with Gasteiger partial charge in [0, 0.05) is 17.8 Å². The number of rotatable bonds is 0. The number of alkyl halides is 1. The highest BCUT2D eigenvalue weighted by molar-refractivity contribution is 6.40. The predicted octanol–water partition coefficient (Wildman–Crippen LogP) is 4.32. The molecule has 4 atom stereocenters. The van der Waals surface area contributed by atoms with Gasteiger partial charge in [-0.3, -0.25) is 4.79 Å². The Balaban J connectivity index is 1.91. The summed E-state index contributed by atoms with van der Waals surface area (Å²) in [6, 6.07) is 12.8. The molecule has 2 bridgehead atoms. The zero-order valence-corrected chi connectivity index (χ0v) is 12.0. The van der Waals surface area contributed by atoms with Crippen molar-refractivity contribution < 1.29 is 4.79 Å². The molecule has 102 valence electrons. The van der Waals surface area contributed by atoms with Crippen LogP contribution < -0.4 is 0 Å². The van der Waals surface area contributed by atoms with Crippen molar-refractivity contribution in [2.24, 2.45) is 5.92 Å². The largest absolute Gasteiger partial charge is 0.292 e. The Bertz CT molecular complexity index is 858. The van der Waals surface area contributed by atoms with E-state index in [0.29, 0.717) is 0 Å². The Morgan fingerprint density at radius 2 is 1.76 bits per heavy atom. The van der Waals surface area contributed by atoms with Crippen LogP contribution in [-0.2, 0) is 4.79 Å². The highest BCUT2D eigenvalue weighted by Crippen LogP contribution is 2.60. The molecule has 4 aliphatic rings. The van der Waals surface area contributed by atoms with Crippen LogP contribution in [0, 0.1) is 5.92 Å². The lowest BCUT2D eigenvalue weighted by molar-refractivity contribution is -0.116. The van der Waals surface area contributed by atoms with Gasteiger partial charge in [0.1, 0.15) is 4.87 Å². The summed E-state index contributed by atoms with van der Waals surface area (Å²) in [5.41, 5.74) is 2.57. The Morgan fingerprint density at radius 1 is 1.00 bits per heavy atom. The average Bonchev–Trinajstić information content (AvgIpc) is 2.72. The number of carbonyl (C=O) groups excluding carboxylic acids is 1. The molecule has 2 aromatic carbocycles. The van der Waals surface area contributed by atoms with E-state index in [1.807, 2.05) is 12.2 Å². The van der Waals surface area contributed by atoms with E-state index in [2.05, 4.69) is 42.5 Å². The minimum atomic E-state index is -0.929. The standard InChI is InChI=1S/C19H13ClO/c20-19-10-9-12(7-8-15(19)21)17-13-5-1-3-11-4-2-6-14(16(11)13)18(17)19/h1-10,12,17-18H/t12-,17+,18-,19+/m1/s1. The molecular formula is C19H13ClO. The molecule has 0 saturated heterocycles. The number of fused-ring (bicyclic) bond motifs is 1. The molecule has 1 nitrogen and oxygen atoms in total. The SMILES string of the molecule is O=C1C=C[C@@H]2C=C[C@@]1(Cl)[C@@H]1c3cccc4cccc(c34)[C@H]21. The van der Waals surface area contributed by atoms with Gasteiger partial charge >= 0.3 is 0 Å². The Labute approximate surface area is 127 Å². The Morgan fingerprint density at radius 3 is 2.57 bits per heavy atom. The van der Waals surface area contributed by atoms with Crippen molar-refractivity contribution in [3.63, 3.8) is 0 Å². The van der Waals surface area contributed by atoms with Crippen molar-refractivity contribution in [1.82, 2.24) is 0 Å². The predicted molar refractivity (Wildman–Crippen MR) is 84.8 cm³/mol. The van der Waals surface area contributed by atoms with Crippen LogP contribution in [0.1, 0.15) is 23.0 Å². The van der Waals surface area contributed by atoms with Gasteiger partial charge in [-0.25, -0.2) is 0 Å². The molecule has 2 heteroatoms. The van der Waals surface area contributed by atoms with Crippen LogP contribution in [0.5, 0.6) is 0 Å². The first kappa shape index (κ1) is 11.8. The number of carbonyl (C=O) groups is 1. The summed E-state index contributed by atoms with van der Waals surface area (Å²) < 4.78 is 0. The summed E-state index contributed by atoms with van der Waals surface area (Å²) in [5, 5.41) is 2.55. The van der Waals surface area contributed by atoms with Crippen LogP contribution >= 0.6 is 11.6 Å². The molecule has 0 fully saturated rings. The first-order chi connectivity index (χ1) is 10.2. The second-order valence-electron chi connectivity index (χ2n) is 6.22. The van der Waals surface area contributed by atoms with Crippen molar-refractivity contribution in [2.75, 3.05) is 0 Å². The molecule has 0 amide bonds. The average molecular weight is 293 g/mol. The van der Waals surface area contributed by atoms with E-state index in [1.54, 1.807) is 6.08 Å². The van der Waals surface area contributed by atoms with Gasteiger partial charge in [0.15, 0.2) is 5.78 Å². The lowest BCUT2D eigenvalue weighted by atomic mass is 9.69. The summed E-state index contributed by atoms with van der Waals surface area (Å²) in [4.78, 5) is 11.6. The third-order valence-corrected chi connectivity index (χ3v) is 5.85. The lowest BCUT2D eigenvalue weighted by Gasteiger charge is -2.37. The number of ketones is 1. The van der Waals surface area contributed by atoms with E-state index < -0.39 is 4.87 Å². The zero-order chi connectivity index (χ0) is 14.2. The van der Waals surface area contributed by atoms with Crippen LogP contribution in [-0.4, -0.2) is 10.7 Å². The summed E-state index contributed by atoms with van der Waals surface area (Å²) in [6.45, 7) is 0. The maximum absolute atomic E-state index is 12.5. The van der Waals surface area contributed by atoms with Crippen molar-refractivity contribution in [3.8, 4) is 0 Å². The van der Waals surface area contributed by atoms with Crippen LogP contribution in [0.15, 0.2) is 60.7 Å². The number of hydrogen-bond donors (Lipinski definition) is 0. The molecule has 0 saturated carbocycles. The monoisotopic (exact) mass is 292 g/mol. The number of halogens is 1. The second kappa shape index (κ2) is 3.66. The van der Waals surface area contributed by atoms with E-state index in [9.17, 15) is 4.79 Å². The maximum atomic E-state index is 12.5. The summed E-state index contributed by atoms with van der Waals surface area (Å²) in [7, 11) is 0. The summed E-state index contributed by atoms with van der Waals surface area (Å²) in [5.74, 6) is 0.584. The van der Waals surface area contributed by atoms with Gasteiger partial charge in [-0.1, -0.05) is 54.6 Å². The third kappa shape index (κ3) is 1.26. The highest BCUT2D eigenvalue weighted by Gasteiger charge is 2.54. The number of allylic oxidation sites excluding steroid dienone is 4. The number of benzene rings is 2. The van der Waals surface area contributed by atoms with Crippen LogP contribution in [0.3, 0.4) is 0 Å². The van der Waals surface area contributed by atoms with Gasteiger partial charge in [0.05, 0.1) is 0 Å². The van der Waals surface area contributed by atoms with Crippen LogP contribution in [0.25, 0.3) is 10.8 Å². The fourth-order valence-electron chi connectivity index (χ4n) is 4.45. The molecule has 6 rings (SSSR count). The molecule has 0 radical (unpaired) electrons. The molecule has 0 aliphatic heterocycles. The highest BCUT2D eigenvalue weighted by atomic mass is 35.5. The minimum Gasteiger partial charge on any atom is -0.292 e. The number of hydrogen-bond acceptors (Lipinski definition) is 1. The smallest absolute Gasteiger partial charge is 0.180 e. The fraction of sp³-hybridized carbons (Fsp3) is 0.211. The molecule has 0 spiro atoms. The molecule has 21 heavy (non-hydrogen) atoms. The van der Waals surface area contributed by atoms with Gasteiger partial charge in [-0.15, -0.1) is 11.6 Å². The minimum absolute atomic E-state index is 0.0141. The van der Waals surface area contributed by atoms with Gasteiger partial charge in [-0.2, -0.15) is 0 Å².